The highest BCUT2D eigenvalue weighted by molar-refractivity contribution is 6.32. The van der Waals surface area contributed by atoms with E-state index in [2.05, 4.69) is 13.8 Å². The number of carboxylic acid groups (broad SMARTS) is 1. The predicted octanol–water partition coefficient (Wildman–Crippen LogP) is 7.60. The molecule has 0 unspecified atom stereocenters. The Morgan fingerprint density at radius 3 is 2.24 bits per heavy atom. The van der Waals surface area contributed by atoms with E-state index in [4.69, 9.17) is 30.5 Å². The molecule has 0 fully saturated rings. The molecule has 0 saturated carbocycles. The maximum absolute atomic E-state index is 11.7. The lowest BCUT2D eigenvalue weighted by molar-refractivity contribution is -0.132. The van der Waals surface area contributed by atoms with Crippen LogP contribution in [-0.2, 0) is 16.0 Å². The molecule has 0 heterocycles. The highest BCUT2D eigenvalue weighted by Crippen LogP contribution is 2.31. The minimum absolute atomic E-state index is 0.288. The number of unbranched alkanes of at least 4 members (excludes halogenated alkanes) is 3. The van der Waals surface area contributed by atoms with Gasteiger partial charge in [0.25, 0.3) is 0 Å². The fourth-order valence-electron chi connectivity index (χ4n) is 3.57. The Hall–Kier alpha value is -2.70. The van der Waals surface area contributed by atoms with E-state index >= 15 is 0 Å². The van der Waals surface area contributed by atoms with Crippen molar-refractivity contribution in [3.63, 3.8) is 0 Å². The summed E-state index contributed by atoms with van der Waals surface area (Å²) < 4.78 is 23.2. The zero-order valence-electron chi connectivity index (χ0n) is 22.4. The van der Waals surface area contributed by atoms with Crippen molar-refractivity contribution in [3.05, 3.63) is 58.1 Å². The van der Waals surface area contributed by atoms with Gasteiger partial charge in [-0.25, -0.2) is 4.79 Å². The molecule has 0 bridgehead atoms. The summed E-state index contributed by atoms with van der Waals surface area (Å²) in [7, 11) is 0. The molecule has 0 radical (unpaired) electrons. The summed E-state index contributed by atoms with van der Waals surface area (Å²) in [5.41, 5.74) is 2.09. The molecule has 2 aromatic rings. The Labute approximate surface area is 226 Å². The van der Waals surface area contributed by atoms with Crippen molar-refractivity contribution in [1.82, 2.24) is 0 Å². The second-order valence-corrected chi connectivity index (χ2v) is 9.16. The summed E-state index contributed by atoms with van der Waals surface area (Å²) in [6.45, 7) is 8.74. The average Bonchev–Trinajstić information content (AvgIpc) is 2.88. The molecule has 0 aromatic heterocycles. The number of benzene rings is 2. The fourth-order valence-corrected chi connectivity index (χ4v) is 3.83. The lowest BCUT2D eigenvalue weighted by atomic mass is 10.1. The van der Waals surface area contributed by atoms with Crippen LogP contribution >= 0.6 is 11.6 Å². The highest BCUT2D eigenvalue weighted by atomic mass is 35.5. The van der Waals surface area contributed by atoms with E-state index in [1.807, 2.05) is 43.3 Å². The molecule has 0 amide bonds. The van der Waals surface area contributed by atoms with E-state index in [1.54, 1.807) is 6.08 Å². The quantitative estimate of drug-likeness (QED) is 0.148. The average molecular weight is 533 g/mol. The molecular formula is C30H41ClO6. The number of hydrogen-bond donors (Lipinski definition) is 1. The second kappa shape index (κ2) is 17.7. The maximum atomic E-state index is 11.7. The molecule has 0 spiro atoms. The van der Waals surface area contributed by atoms with Crippen LogP contribution in [0.25, 0.3) is 6.08 Å². The number of ether oxygens (including phenoxy) is 4. The summed E-state index contributed by atoms with van der Waals surface area (Å²) in [6.07, 6.45) is 7.90. The summed E-state index contributed by atoms with van der Waals surface area (Å²) in [5.74, 6) is 0.983. The highest BCUT2D eigenvalue weighted by Gasteiger charge is 2.11. The zero-order valence-corrected chi connectivity index (χ0v) is 23.1. The molecule has 2 aromatic carbocycles. The normalized spacial score (nSPS) is 11.4. The molecule has 0 atom stereocenters. The van der Waals surface area contributed by atoms with Crippen molar-refractivity contribution in [1.29, 1.82) is 0 Å². The van der Waals surface area contributed by atoms with E-state index in [9.17, 15) is 9.90 Å². The number of hydrogen-bond acceptors (Lipinski definition) is 5. The van der Waals surface area contributed by atoms with Crippen LogP contribution in [0.2, 0.25) is 5.02 Å². The summed E-state index contributed by atoms with van der Waals surface area (Å²) in [6, 6.07) is 11.3. The first-order valence-corrected chi connectivity index (χ1v) is 13.7. The van der Waals surface area contributed by atoms with Crippen molar-refractivity contribution in [3.8, 4) is 17.2 Å². The molecule has 37 heavy (non-hydrogen) atoms. The number of carbonyl (C=O) groups is 1. The topological polar surface area (TPSA) is 74.2 Å². The molecule has 0 aliphatic heterocycles. The maximum Gasteiger partial charge on any atom is 0.331 e. The first-order chi connectivity index (χ1) is 18.0. The van der Waals surface area contributed by atoms with E-state index in [0.29, 0.717) is 68.1 Å². The first kappa shape index (κ1) is 30.5. The molecule has 7 heteroatoms. The first-order valence-electron chi connectivity index (χ1n) is 13.3. The Morgan fingerprint density at radius 1 is 0.838 bits per heavy atom. The van der Waals surface area contributed by atoms with Gasteiger partial charge in [-0.1, -0.05) is 56.8 Å². The summed E-state index contributed by atoms with van der Waals surface area (Å²) in [5, 5.41) is 10.2. The largest absolute Gasteiger partial charge is 0.492 e. The van der Waals surface area contributed by atoms with Crippen LogP contribution in [0.4, 0.5) is 0 Å². The van der Waals surface area contributed by atoms with E-state index in [-0.39, 0.29) is 5.57 Å². The van der Waals surface area contributed by atoms with Gasteiger partial charge >= 0.3 is 5.97 Å². The van der Waals surface area contributed by atoms with E-state index in [1.165, 1.54) is 0 Å². The number of rotatable bonds is 19. The van der Waals surface area contributed by atoms with Gasteiger partial charge in [0.1, 0.15) is 5.75 Å². The minimum Gasteiger partial charge on any atom is -0.492 e. The molecule has 6 nitrogen and oxygen atoms in total. The van der Waals surface area contributed by atoms with Gasteiger partial charge in [0.2, 0.25) is 0 Å². The number of halogens is 1. The molecule has 204 valence electrons. The van der Waals surface area contributed by atoms with Crippen molar-refractivity contribution < 1.29 is 28.8 Å². The second-order valence-electron chi connectivity index (χ2n) is 8.75. The van der Waals surface area contributed by atoms with Gasteiger partial charge in [-0.05, 0) is 61.2 Å². The standard InChI is InChI=1S/C30H41ClO6/c1-4-7-9-17-35-27-12-10-23(21-26(27)31)14-19-37-28-13-11-24(22-29(28)36-16-8-5-2)20-25(30(32)33)15-18-34-6-3/h10-13,20-22H,4-9,14-19H2,1-3H3,(H,32,33). The van der Waals surface area contributed by atoms with Crippen LogP contribution in [0, 0.1) is 0 Å². The van der Waals surface area contributed by atoms with Gasteiger partial charge in [-0.2, -0.15) is 0 Å². The third-order valence-corrected chi connectivity index (χ3v) is 6.00. The molecule has 1 N–H and O–H groups in total. The molecule has 0 saturated heterocycles. The van der Waals surface area contributed by atoms with E-state index < -0.39 is 5.97 Å². The Kier molecular flexibility index (Phi) is 14.6. The third kappa shape index (κ3) is 11.5. The third-order valence-electron chi connectivity index (χ3n) is 5.71. The van der Waals surface area contributed by atoms with Crippen molar-refractivity contribution >= 4 is 23.6 Å². The van der Waals surface area contributed by atoms with Crippen molar-refractivity contribution in [2.24, 2.45) is 0 Å². The molecular weight excluding hydrogens is 492 g/mol. The molecule has 0 aliphatic carbocycles. The van der Waals surface area contributed by atoms with Crippen molar-refractivity contribution in [2.45, 2.75) is 65.7 Å². The van der Waals surface area contributed by atoms with Crippen LogP contribution in [-0.4, -0.2) is 44.1 Å². The zero-order chi connectivity index (χ0) is 26.9. The lowest BCUT2D eigenvalue weighted by Gasteiger charge is -2.14. The van der Waals surface area contributed by atoms with Crippen LogP contribution in [0.5, 0.6) is 17.2 Å². The van der Waals surface area contributed by atoms with Gasteiger partial charge in [0.05, 0.1) is 31.5 Å². The number of aliphatic carboxylic acids is 1. The van der Waals surface area contributed by atoms with Crippen LogP contribution in [0.3, 0.4) is 0 Å². The SMILES string of the molecule is CCCCCOc1ccc(CCOc2ccc(C=C(CCOCC)C(=O)O)cc2OCCCC)cc1Cl. The monoisotopic (exact) mass is 532 g/mol. The summed E-state index contributed by atoms with van der Waals surface area (Å²) >= 11 is 6.41. The Morgan fingerprint density at radius 2 is 1.54 bits per heavy atom. The van der Waals surface area contributed by atoms with Crippen molar-refractivity contribution in [2.75, 3.05) is 33.0 Å². The minimum atomic E-state index is -0.954. The van der Waals surface area contributed by atoms with Gasteiger partial charge in [0.15, 0.2) is 11.5 Å². The number of carboxylic acids is 1. The predicted molar refractivity (Wildman–Crippen MR) is 149 cm³/mol. The van der Waals surface area contributed by atoms with Crippen LogP contribution < -0.4 is 14.2 Å². The van der Waals surface area contributed by atoms with Gasteiger partial charge in [-0.15, -0.1) is 0 Å². The smallest absolute Gasteiger partial charge is 0.331 e. The van der Waals surface area contributed by atoms with Gasteiger partial charge < -0.3 is 24.1 Å². The molecule has 2 rings (SSSR count). The Balaban J connectivity index is 2.05. The summed E-state index contributed by atoms with van der Waals surface area (Å²) in [4.78, 5) is 11.7. The Bertz CT molecular complexity index is 988. The van der Waals surface area contributed by atoms with E-state index in [0.717, 1.165) is 43.2 Å². The van der Waals surface area contributed by atoms with Crippen LogP contribution in [0.1, 0.15) is 70.4 Å². The lowest BCUT2D eigenvalue weighted by Crippen LogP contribution is -2.06. The van der Waals surface area contributed by atoms with Gasteiger partial charge in [-0.3, -0.25) is 0 Å². The fraction of sp³-hybridized carbons (Fsp3) is 0.500. The van der Waals surface area contributed by atoms with Gasteiger partial charge in [0, 0.05) is 25.0 Å². The molecule has 0 aliphatic rings. The van der Waals surface area contributed by atoms with Crippen LogP contribution in [0.15, 0.2) is 42.0 Å².